The van der Waals surface area contributed by atoms with Gasteiger partial charge in [0.1, 0.15) is 0 Å². The van der Waals surface area contributed by atoms with Gasteiger partial charge < -0.3 is 30.0 Å². The van der Waals surface area contributed by atoms with Crippen molar-refractivity contribution < 1.29 is 23.6 Å². The molecule has 3 N–H and O–H groups in total. The second-order valence-corrected chi connectivity index (χ2v) is 9.92. The average Bonchev–Trinajstić information content (AvgIpc) is 3.01. The van der Waals surface area contributed by atoms with E-state index in [9.17, 15) is 9.59 Å². The number of hydrogen-bond donors (Lipinski definition) is 2. The van der Waals surface area contributed by atoms with Crippen molar-refractivity contribution >= 4 is 31.3 Å². The summed E-state index contributed by atoms with van der Waals surface area (Å²) in [4.78, 5) is 27.2. The van der Waals surface area contributed by atoms with E-state index in [0.29, 0.717) is 32.7 Å². The molecule has 0 aliphatic carbocycles. The van der Waals surface area contributed by atoms with Crippen molar-refractivity contribution in [2.45, 2.75) is 76.6 Å². The first-order valence-corrected chi connectivity index (χ1v) is 11.9. The van der Waals surface area contributed by atoms with Crippen LogP contribution in [0.25, 0.3) is 0 Å². The van der Waals surface area contributed by atoms with Crippen molar-refractivity contribution in [1.82, 2.24) is 10.2 Å². The second-order valence-electron chi connectivity index (χ2n) is 9.92. The first-order chi connectivity index (χ1) is 15.6. The van der Waals surface area contributed by atoms with Crippen molar-refractivity contribution in [3.05, 3.63) is 35.9 Å². The van der Waals surface area contributed by atoms with Crippen molar-refractivity contribution in [3.63, 3.8) is 0 Å². The van der Waals surface area contributed by atoms with E-state index in [1.54, 1.807) is 4.90 Å². The van der Waals surface area contributed by atoms with Crippen LogP contribution >= 0.6 is 12.4 Å². The number of nitrogens with one attached hydrogen (secondary N) is 1. The highest BCUT2D eigenvalue weighted by Crippen LogP contribution is 2.38. The number of nitrogens with two attached hydrogens (primary N) is 1. The van der Waals surface area contributed by atoms with E-state index in [1.807, 2.05) is 45.9 Å². The maximum Gasteiger partial charge on any atom is 0.481 e. The molecule has 0 bridgehead atoms. The Morgan fingerprint density at radius 3 is 2.26 bits per heavy atom. The number of benzene rings is 1. The zero-order valence-electron chi connectivity index (χ0n) is 20.7. The highest BCUT2D eigenvalue weighted by Gasteiger charge is 2.54. The summed E-state index contributed by atoms with van der Waals surface area (Å²) in [6.45, 7) is 10.0. The Kier molecular flexibility index (Phi) is 10.4. The molecule has 0 aromatic heterocycles. The number of morpholine rings is 1. The predicted octanol–water partition coefficient (Wildman–Crippen LogP) is 2.12. The van der Waals surface area contributed by atoms with Crippen LogP contribution in [0.15, 0.2) is 30.3 Å². The molecule has 2 atom stereocenters. The molecule has 2 aliphatic rings. The molecule has 1 aromatic rings. The van der Waals surface area contributed by atoms with Crippen LogP contribution in [0.3, 0.4) is 0 Å². The summed E-state index contributed by atoms with van der Waals surface area (Å²) in [6.07, 6.45) is 2.36. The van der Waals surface area contributed by atoms with Crippen LogP contribution < -0.4 is 11.1 Å². The van der Waals surface area contributed by atoms with Crippen molar-refractivity contribution in [2.24, 2.45) is 5.73 Å². The number of amides is 2. The molecule has 1 aromatic carbocycles. The van der Waals surface area contributed by atoms with E-state index in [-0.39, 0.29) is 36.6 Å². The third kappa shape index (κ3) is 7.42. The monoisotopic (exact) mass is 495 g/mol. The van der Waals surface area contributed by atoms with Crippen molar-refractivity contribution in [2.75, 3.05) is 26.3 Å². The van der Waals surface area contributed by atoms with E-state index in [0.717, 1.165) is 12.8 Å². The van der Waals surface area contributed by atoms with Crippen LogP contribution in [0.2, 0.25) is 0 Å². The number of hydrogen-bond acceptors (Lipinski definition) is 6. The number of rotatable bonds is 9. The van der Waals surface area contributed by atoms with E-state index in [4.69, 9.17) is 19.8 Å². The summed E-state index contributed by atoms with van der Waals surface area (Å²) in [5.74, 6) is -0.861. The molecule has 190 valence electrons. The van der Waals surface area contributed by atoms with Gasteiger partial charge in [0.2, 0.25) is 11.8 Å². The number of carbonyl (C=O) groups excluding carboxylic acids is 2. The SMILES string of the molecule is CC1(C)OB([C@H](CCCc2ccccc2)NC(=O)C(N)CC(=O)N2CCOCC2)OC1(C)C.Cl. The molecule has 1 unspecified atom stereocenters. The fraction of sp³-hybridized carbons (Fsp3) is 0.667. The molecular weight excluding hydrogens is 457 g/mol. The number of nitrogens with zero attached hydrogens (tertiary/aromatic N) is 1. The first-order valence-electron chi connectivity index (χ1n) is 11.9. The standard InChI is InChI=1S/C24H38BN3O5.ClH/c1-23(2)24(3,4)33-25(32-23)20(12-8-11-18-9-6-5-7-10-18)27-22(30)19(26)17-21(29)28-13-15-31-16-14-28;/h5-7,9-10,19-20H,8,11-17,26H2,1-4H3,(H,27,30);1H/t19?,20-;/m0./s1. The number of ether oxygens (including phenoxy) is 1. The Balaban J connectivity index is 0.00000408. The van der Waals surface area contributed by atoms with Gasteiger partial charge in [-0.3, -0.25) is 9.59 Å². The Hall–Kier alpha value is -1.65. The van der Waals surface area contributed by atoms with Gasteiger partial charge in [0, 0.05) is 13.1 Å². The summed E-state index contributed by atoms with van der Waals surface area (Å²) in [7, 11) is -0.586. The Morgan fingerprint density at radius 1 is 1.09 bits per heavy atom. The van der Waals surface area contributed by atoms with E-state index < -0.39 is 24.4 Å². The molecule has 2 saturated heterocycles. The lowest BCUT2D eigenvalue weighted by Crippen LogP contribution is -2.54. The summed E-state index contributed by atoms with van der Waals surface area (Å²) in [5, 5.41) is 3.02. The topological polar surface area (TPSA) is 103 Å². The molecule has 0 saturated carbocycles. The molecule has 3 rings (SSSR count). The van der Waals surface area contributed by atoms with Gasteiger partial charge in [-0.2, -0.15) is 0 Å². The van der Waals surface area contributed by atoms with E-state index in [1.165, 1.54) is 5.56 Å². The highest BCUT2D eigenvalue weighted by atomic mass is 35.5. The predicted molar refractivity (Wildman–Crippen MR) is 135 cm³/mol. The fourth-order valence-electron chi connectivity index (χ4n) is 4.01. The van der Waals surface area contributed by atoms with Gasteiger partial charge in [-0.15, -0.1) is 12.4 Å². The van der Waals surface area contributed by atoms with Crippen LogP contribution in [-0.4, -0.2) is 73.3 Å². The summed E-state index contributed by atoms with van der Waals surface area (Å²) in [5.41, 5.74) is 6.35. The molecule has 0 spiro atoms. The second kappa shape index (κ2) is 12.4. The smallest absolute Gasteiger partial charge is 0.402 e. The van der Waals surface area contributed by atoms with Crippen LogP contribution in [0.1, 0.15) is 52.5 Å². The summed E-state index contributed by atoms with van der Waals surface area (Å²) < 4.78 is 17.7. The maximum atomic E-state index is 12.9. The summed E-state index contributed by atoms with van der Waals surface area (Å²) in [6, 6.07) is 9.29. The minimum absolute atomic E-state index is 0. The van der Waals surface area contributed by atoms with Gasteiger partial charge in [-0.25, -0.2) is 0 Å². The molecule has 2 amide bonds. The van der Waals surface area contributed by atoms with Crippen molar-refractivity contribution in [1.29, 1.82) is 0 Å². The third-order valence-corrected chi connectivity index (χ3v) is 6.85. The molecule has 10 heteroatoms. The first kappa shape index (κ1) is 28.6. The number of aryl methyl sites for hydroxylation is 1. The zero-order chi connectivity index (χ0) is 24.1. The molecule has 2 fully saturated rings. The Bertz CT molecular complexity index is 789. The molecular formula is C24H39BClN3O5. The minimum atomic E-state index is -0.931. The van der Waals surface area contributed by atoms with Crippen LogP contribution in [0.5, 0.6) is 0 Å². The Morgan fingerprint density at radius 2 is 1.68 bits per heavy atom. The van der Waals surface area contributed by atoms with Gasteiger partial charge in [0.15, 0.2) is 0 Å². The van der Waals surface area contributed by atoms with Gasteiger partial charge in [-0.05, 0) is 52.5 Å². The molecule has 2 heterocycles. The lowest BCUT2D eigenvalue weighted by molar-refractivity contribution is -0.137. The van der Waals surface area contributed by atoms with Crippen molar-refractivity contribution in [3.8, 4) is 0 Å². The molecule has 34 heavy (non-hydrogen) atoms. The maximum absolute atomic E-state index is 12.9. The molecule has 2 aliphatic heterocycles. The largest absolute Gasteiger partial charge is 0.481 e. The average molecular weight is 496 g/mol. The highest BCUT2D eigenvalue weighted by molar-refractivity contribution is 6.48. The normalized spacial score (nSPS) is 20.9. The van der Waals surface area contributed by atoms with Gasteiger partial charge in [-0.1, -0.05) is 30.3 Å². The molecule has 0 radical (unpaired) electrons. The zero-order valence-corrected chi connectivity index (χ0v) is 21.6. The lowest BCUT2D eigenvalue weighted by Gasteiger charge is -2.32. The van der Waals surface area contributed by atoms with Crippen LogP contribution in [0.4, 0.5) is 0 Å². The third-order valence-electron chi connectivity index (χ3n) is 6.85. The van der Waals surface area contributed by atoms with E-state index in [2.05, 4.69) is 17.4 Å². The molecule has 8 nitrogen and oxygen atoms in total. The lowest BCUT2D eigenvalue weighted by atomic mass is 9.75. The van der Waals surface area contributed by atoms with Gasteiger partial charge in [0.25, 0.3) is 0 Å². The van der Waals surface area contributed by atoms with Crippen LogP contribution in [0, 0.1) is 0 Å². The minimum Gasteiger partial charge on any atom is -0.402 e. The van der Waals surface area contributed by atoms with Gasteiger partial charge in [0.05, 0.1) is 42.8 Å². The number of carbonyl (C=O) groups is 2. The quantitative estimate of drug-likeness (QED) is 0.509. The fourth-order valence-corrected chi connectivity index (χ4v) is 4.01. The van der Waals surface area contributed by atoms with Crippen LogP contribution in [-0.2, 0) is 30.1 Å². The Labute approximate surface area is 209 Å². The number of halogens is 1. The summed E-state index contributed by atoms with van der Waals surface area (Å²) >= 11 is 0. The van der Waals surface area contributed by atoms with Gasteiger partial charge >= 0.3 is 7.12 Å². The van der Waals surface area contributed by atoms with E-state index >= 15 is 0 Å².